The van der Waals surface area contributed by atoms with Crippen LogP contribution in [0.4, 0.5) is 4.39 Å². The first-order chi connectivity index (χ1) is 9.38. The molecular weight excluding hydrogens is 265 g/mol. The molecule has 3 N–H and O–H groups in total. The van der Waals surface area contributed by atoms with Crippen molar-refractivity contribution < 1.29 is 23.8 Å². The van der Waals surface area contributed by atoms with Crippen molar-refractivity contribution in [1.82, 2.24) is 0 Å². The summed E-state index contributed by atoms with van der Waals surface area (Å²) in [5.41, 5.74) is 6.25. The number of halogens is 1. The Kier molecular flexibility index (Phi) is 5.76. The van der Waals surface area contributed by atoms with Crippen LogP contribution < -0.4 is 15.2 Å². The van der Waals surface area contributed by atoms with E-state index in [0.717, 1.165) is 0 Å². The Morgan fingerprint density at radius 1 is 1.35 bits per heavy atom. The second kappa shape index (κ2) is 7.09. The van der Waals surface area contributed by atoms with Gasteiger partial charge in [0.05, 0.1) is 14.2 Å². The minimum atomic E-state index is -0.891. The van der Waals surface area contributed by atoms with Gasteiger partial charge in [-0.15, -0.1) is 0 Å². The van der Waals surface area contributed by atoms with Crippen molar-refractivity contribution in [1.29, 1.82) is 0 Å². The van der Waals surface area contributed by atoms with Crippen molar-refractivity contribution >= 4 is 5.97 Å². The molecule has 0 aromatic heterocycles. The van der Waals surface area contributed by atoms with E-state index in [1.807, 2.05) is 0 Å². The van der Waals surface area contributed by atoms with Crippen LogP contribution in [0.25, 0.3) is 0 Å². The normalized spacial score (nSPS) is 13.7. The third kappa shape index (κ3) is 4.09. The number of carboxylic acid groups (broad SMARTS) is 1. The summed E-state index contributed by atoms with van der Waals surface area (Å²) < 4.78 is 24.1. The molecule has 0 amide bonds. The number of methoxy groups -OCH3 is 2. The predicted octanol–water partition coefficient (Wildman–Crippen LogP) is 2.34. The highest BCUT2D eigenvalue weighted by molar-refractivity contribution is 5.66. The first-order valence-electron chi connectivity index (χ1n) is 6.27. The van der Waals surface area contributed by atoms with Crippen LogP contribution in [0.5, 0.6) is 11.5 Å². The minimum absolute atomic E-state index is 0.00259. The van der Waals surface area contributed by atoms with Gasteiger partial charge in [-0.1, -0.05) is 6.92 Å². The quantitative estimate of drug-likeness (QED) is 0.803. The molecule has 0 heterocycles. The maximum Gasteiger partial charge on any atom is 0.303 e. The summed E-state index contributed by atoms with van der Waals surface area (Å²) in [6, 6.07) is 2.12. The van der Waals surface area contributed by atoms with Crippen LogP contribution in [0.3, 0.4) is 0 Å². The monoisotopic (exact) mass is 285 g/mol. The molecule has 6 heteroatoms. The van der Waals surface area contributed by atoms with E-state index >= 15 is 0 Å². The lowest BCUT2D eigenvalue weighted by Crippen LogP contribution is -2.17. The molecule has 2 atom stereocenters. The fraction of sp³-hybridized carbons (Fsp3) is 0.500. The molecule has 5 nitrogen and oxygen atoms in total. The molecular formula is C14H20FNO4. The van der Waals surface area contributed by atoms with E-state index in [9.17, 15) is 9.18 Å². The van der Waals surface area contributed by atoms with Gasteiger partial charge in [-0.25, -0.2) is 4.39 Å². The second-order valence-corrected chi connectivity index (χ2v) is 4.77. The van der Waals surface area contributed by atoms with Crippen LogP contribution in [0, 0.1) is 11.7 Å². The summed E-state index contributed by atoms with van der Waals surface area (Å²) in [7, 11) is 2.88. The zero-order valence-corrected chi connectivity index (χ0v) is 11.9. The van der Waals surface area contributed by atoms with Gasteiger partial charge in [0.1, 0.15) is 5.82 Å². The maximum absolute atomic E-state index is 14.0. The van der Waals surface area contributed by atoms with E-state index < -0.39 is 17.8 Å². The number of hydrogen-bond donors (Lipinski definition) is 2. The summed E-state index contributed by atoms with van der Waals surface area (Å²) in [6.07, 6.45) is 0.376. The highest BCUT2D eigenvalue weighted by Crippen LogP contribution is 2.33. The molecule has 0 bridgehead atoms. The van der Waals surface area contributed by atoms with Crippen molar-refractivity contribution in [2.45, 2.75) is 25.8 Å². The van der Waals surface area contributed by atoms with Crippen LogP contribution in [-0.2, 0) is 4.79 Å². The van der Waals surface area contributed by atoms with Crippen molar-refractivity contribution in [3.05, 3.63) is 23.5 Å². The molecule has 0 saturated carbocycles. The van der Waals surface area contributed by atoms with Gasteiger partial charge in [0.2, 0.25) is 0 Å². The lowest BCUT2D eigenvalue weighted by Gasteiger charge is -2.18. The highest BCUT2D eigenvalue weighted by Gasteiger charge is 2.19. The van der Waals surface area contributed by atoms with Crippen LogP contribution in [0.1, 0.15) is 31.4 Å². The number of carbonyl (C=O) groups is 1. The number of hydrogen-bond acceptors (Lipinski definition) is 4. The Hall–Kier alpha value is -1.82. The number of rotatable bonds is 7. The molecule has 1 aromatic rings. The van der Waals surface area contributed by atoms with E-state index in [0.29, 0.717) is 23.5 Å². The Balaban J connectivity index is 2.92. The molecule has 0 saturated heterocycles. The summed E-state index contributed by atoms with van der Waals surface area (Å²) in [5, 5.41) is 8.72. The van der Waals surface area contributed by atoms with Crippen LogP contribution >= 0.6 is 0 Å². The Bertz CT molecular complexity index is 478. The smallest absolute Gasteiger partial charge is 0.303 e. The van der Waals surface area contributed by atoms with Gasteiger partial charge in [-0.05, 0) is 18.4 Å². The van der Waals surface area contributed by atoms with Gasteiger partial charge < -0.3 is 20.3 Å². The third-order valence-electron chi connectivity index (χ3n) is 3.08. The second-order valence-electron chi connectivity index (χ2n) is 4.77. The van der Waals surface area contributed by atoms with Crippen LogP contribution in [0.2, 0.25) is 0 Å². The molecule has 0 aliphatic carbocycles. The molecule has 1 rings (SSSR count). The van der Waals surface area contributed by atoms with Gasteiger partial charge in [0.15, 0.2) is 11.5 Å². The number of benzene rings is 1. The standard InChI is InChI=1S/C14H20FNO4/c1-8(5-14(17)18)4-11(16)9-6-12(19-2)13(20-3)7-10(9)15/h6-8,11H,4-5,16H2,1-3H3,(H,17,18). The number of nitrogens with two attached hydrogens (primary N) is 1. The topological polar surface area (TPSA) is 81.8 Å². The predicted molar refractivity (Wildman–Crippen MR) is 72.5 cm³/mol. The van der Waals surface area contributed by atoms with E-state index in [2.05, 4.69) is 0 Å². The van der Waals surface area contributed by atoms with Gasteiger partial charge in [0, 0.05) is 24.1 Å². The molecule has 2 unspecified atom stereocenters. The van der Waals surface area contributed by atoms with Gasteiger partial charge >= 0.3 is 5.97 Å². The molecule has 0 aliphatic rings. The summed E-state index contributed by atoms with van der Waals surface area (Å²) >= 11 is 0. The number of ether oxygens (including phenoxy) is 2. The molecule has 0 aliphatic heterocycles. The molecule has 0 radical (unpaired) electrons. The first kappa shape index (κ1) is 16.2. The first-order valence-corrected chi connectivity index (χ1v) is 6.27. The van der Waals surface area contributed by atoms with Crippen molar-refractivity contribution in [2.75, 3.05) is 14.2 Å². The van der Waals surface area contributed by atoms with Crippen molar-refractivity contribution in [3.63, 3.8) is 0 Å². The van der Waals surface area contributed by atoms with E-state index in [4.69, 9.17) is 20.3 Å². The molecule has 0 spiro atoms. The largest absolute Gasteiger partial charge is 0.493 e. The zero-order chi connectivity index (χ0) is 15.3. The summed E-state index contributed by atoms with van der Waals surface area (Å²) in [4.78, 5) is 10.6. The van der Waals surface area contributed by atoms with E-state index in [-0.39, 0.29) is 12.3 Å². The zero-order valence-electron chi connectivity index (χ0n) is 11.9. The van der Waals surface area contributed by atoms with Crippen LogP contribution in [0.15, 0.2) is 12.1 Å². The van der Waals surface area contributed by atoms with Gasteiger partial charge in [-0.3, -0.25) is 4.79 Å². The highest BCUT2D eigenvalue weighted by atomic mass is 19.1. The van der Waals surface area contributed by atoms with Gasteiger partial charge in [0.25, 0.3) is 0 Å². The molecule has 20 heavy (non-hydrogen) atoms. The van der Waals surface area contributed by atoms with E-state index in [1.165, 1.54) is 26.4 Å². The fourth-order valence-electron chi connectivity index (χ4n) is 2.10. The van der Waals surface area contributed by atoms with Crippen molar-refractivity contribution in [2.24, 2.45) is 11.7 Å². The Labute approximate surface area is 117 Å². The van der Waals surface area contributed by atoms with E-state index in [1.54, 1.807) is 6.92 Å². The van der Waals surface area contributed by atoms with Gasteiger partial charge in [-0.2, -0.15) is 0 Å². The van der Waals surface area contributed by atoms with Crippen molar-refractivity contribution in [3.8, 4) is 11.5 Å². The molecule has 112 valence electrons. The summed E-state index contributed by atoms with van der Waals surface area (Å²) in [6.45, 7) is 1.77. The average Bonchev–Trinajstić information content (AvgIpc) is 2.36. The Morgan fingerprint density at radius 2 is 1.90 bits per heavy atom. The maximum atomic E-state index is 14.0. The minimum Gasteiger partial charge on any atom is -0.493 e. The van der Waals surface area contributed by atoms with Crippen LogP contribution in [-0.4, -0.2) is 25.3 Å². The lowest BCUT2D eigenvalue weighted by atomic mass is 9.94. The molecule has 0 fully saturated rings. The number of carboxylic acids is 1. The SMILES string of the molecule is COc1cc(F)c(C(N)CC(C)CC(=O)O)cc1OC. The molecule has 1 aromatic carbocycles. The third-order valence-corrected chi connectivity index (χ3v) is 3.08. The number of aliphatic carboxylic acids is 1. The fourth-order valence-corrected chi connectivity index (χ4v) is 2.10. The average molecular weight is 285 g/mol. The summed E-state index contributed by atoms with van der Waals surface area (Å²) in [5.74, 6) is -0.838. The Morgan fingerprint density at radius 3 is 2.40 bits per heavy atom. The lowest BCUT2D eigenvalue weighted by molar-refractivity contribution is -0.138.